The van der Waals surface area contributed by atoms with Crippen molar-refractivity contribution >= 4 is 26.4 Å². The molecule has 0 saturated carbocycles. The van der Waals surface area contributed by atoms with Gasteiger partial charge in [0.1, 0.15) is 0 Å². The number of nitrogens with one attached hydrogen (secondary N) is 1. The lowest BCUT2D eigenvalue weighted by Crippen LogP contribution is -2.26. The number of furan rings is 1. The first-order valence-corrected chi connectivity index (χ1v) is 11.2. The molecule has 0 aliphatic heterocycles. The smallest absolute Gasteiger partial charge is 0.274 e. The number of benzene rings is 2. The van der Waals surface area contributed by atoms with Crippen molar-refractivity contribution in [2.45, 2.75) is 25.0 Å². The summed E-state index contributed by atoms with van der Waals surface area (Å²) in [5.41, 5.74) is 2.24. The fourth-order valence-corrected chi connectivity index (χ4v) is 4.74. The topological polar surface area (TPSA) is 102 Å². The largest absolute Gasteiger partial charge is 0.440 e. The van der Waals surface area contributed by atoms with Crippen molar-refractivity contribution < 1.29 is 12.8 Å². The molecule has 0 saturated heterocycles. The lowest BCUT2D eigenvalue weighted by atomic mass is 10.1. The quantitative estimate of drug-likeness (QED) is 0.451. The van der Waals surface area contributed by atoms with Crippen molar-refractivity contribution in [2.75, 3.05) is 0 Å². The van der Waals surface area contributed by atoms with Crippen LogP contribution < -0.4 is 4.72 Å². The Labute approximate surface area is 178 Å². The van der Waals surface area contributed by atoms with Crippen LogP contribution in [0.25, 0.3) is 28.0 Å². The fourth-order valence-electron chi connectivity index (χ4n) is 3.58. The molecule has 0 bridgehead atoms. The van der Waals surface area contributed by atoms with Gasteiger partial charge in [-0.1, -0.05) is 54.6 Å². The fraction of sp³-hybridized carbons (Fsp3) is 0.136. The van der Waals surface area contributed by atoms with E-state index in [1.165, 1.54) is 6.07 Å². The van der Waals surface area contributed by atoms with E-state index in [-0.39, 0.29) is 10.9 Å². The van der Waals surface area contributed by atoms with Crippen molar-refractivity contribution in [3.8, 4) is 11.6 Å². The third-order valence-corrected chi connectivity index (χ3v) is 6.56. The van der Waals surface area contributed by atoms with E-state index >= 15 is 0 Å². The second-order valence-corrected chi connectivity index (χ2v) is 8.91. The maximum absolute atomic E-state index is 12.8. The number of sulfonamides is 1. The molecule has 0 radical (unpaired) electrons. The molecule has 156 valence electrons. The molecule has 1 unspecified atom stereocenters. The molecule has 0 spiro atoms. The van der Waals surface area contributed by atoms with E-state index in [0.717, 1.165) is 22.0 Å². The minimum Gasteiger partial charge on any atom is -0.440 e. The Bertz CT molecular complexity index is 1510. The molecule has 31 heavy (non-hydrogen) atoms. The molecule has 5 rings (SSSR count). The van der Waals surface area contributed by atoms with Crippen molar-refractivity contribution in [1.29, 1.82) is 0 Å². The highest BCUT2D eigenvalue weighted by Gasteiger charge is 2.24. The van der Waals surface area contributed by atoms with E-state index < -0.39 is 16.1 Å². The number of hydrogen-bond acceptors (Lipinski definition) is 6. The minimum absolute atomic E-state index is 0.195. The van der Waals surface area contributed by atoms with Gasteiger partial charge in [-0.25, -0.2) is 13.1 Å². The Morgan fingerprint density at radius 1 is 0.935 bits per heavy atom. The van der Waals surface area contributed by atoms with Gasteiger partial charge >= 0.3 is 0 Å². The average Bonchev–Trinajstić information content (AvgIpc) is 3.42. The Kier molecular flexibility index (Phi) is 4.57. The highest BCUT2D eigenvalue weighted by Crippen LogP contribution is 2.27. The first kappa shape index (κ1) is 19.4. The van der Waals surface area contributed by atoms with E-state index in [1.807, 2.05) is 61.5 Å². The second kappa shape index (κ2) is 7.29. The molecule has 3 heterocycles. The lowest BCUT2D eigenvalue weighted by Gasteiger charge is -2.13. The van der Waals surface area contributed by atoms with Crippen LogP contribution in [-0.2, 0) is 10.0 Å². The van der Waals surface area contributed by atoms with E-state index in [2.05, 4.69) is 20.0 Å². The minimum atomic E-state index is -3.87. The van der Waals surface area contributed by atoms with Crippen molar-refractivity contribution in [1.82, 2.24) is 24.5 Å². The predicted molar refractivity (Wildman–Crippen MR) is 116 cm³/mol. The van der Waals surface area contributed by atoms with Crippen LogP contribution in [0.2, 0.25) is 0 Å². The average molecular weight is 433 g/mol. The van der Waals surface area contributed by atoms with Gasteiger partial charge in [-0.05, 0) is 31.5 Å². The predicted octanol–water partition coefficient (Wildman–Crippen LogP) is 3.89. The standard InChI is InChI=1S/C22H19N5O3S/c1-14(16-8-4-3-5-9-16)26-31(28,29)20-13-12-19(30-20)22-24-23-21-18-11-7-6-10-17(18)15(2)25-27(21)22/h3-14,26H,1-2H3. The van der Waals surface area contributed by atoms with Gasteiger partial charge in [-0.3, -0.25) is 0 Å². The monoisotopic (exact) mass is 433 g/mol. The molecule has 9 heteroatoms. The number of fused-ring (bicyclic) bond motifs is 3. The van der Waals surface area contributed by atoms with Crippen LogP contribution in [-0.4, -0.2) is 28.2 Å². The van der Waals surface area contributed by atoms with E-state index in [4.69, 9.17) is 4.42 Å². The number of hydrogen-bond donors (Lipinski definition) is 1. The first-order chi connectivity index (χ1) is 14.9. The van der Waals surface area contributed by atoms with Crippen molar-refractivity contribution in [2.24, 2.45) is 0 Å². The Hall–Kier alpha value is -3.56. The molecule has 8 nitrogen and oxygen atoms in total. The van der Waals surface area contributed by atoms with Crippen molar-refractivity contribution in [3.05, 3.63) is 78.0 Å². The van der Waals surface area contributed by atoms with Gasteiger partial charge in [0.15, 0.2) is 11.4 Å². The normalized spacial score (nSPS) is 13.1. The third-order valence-electron chi connectivity index (χ3n) is 5.15. The van der Waals surface area contributed by atoms with Gasteiger partial charge in [0, 0.05) is 16.8 Å². The zero-order chi connectivity index (χ0) is 21.6. The highest BCUT2D eigenvalue weighted by molar-refractivity contribution is 7.89. The van der Waals surface area contributed by atoms with Crippen molar-refractivity contribution in [3.63, 3.8) is 0 Å². The van der Waals surface area contributed by atoms with E-state index in [0.29, 0.717) is 11.5 Å². The molecule has 5 aromatic rings. The van der Waals surface area contributed by atoms with Gasteiger partial charge in [0.05, 0.1) is 5.69 Å². The molecule has 3 aromatic heterocycles. The Morgan fingerprint density at radius 2 is 1.65 bits per heavy atom. The van der Waals surface area contributed by atoms with E-state index in [9.17, 15) is 8.42 Å². The summed E-state index contributed by atoms with van der Waals surface area (Å²) in [5.74, 6) is 0.601. The Balaban J connectivity index is 1.51. The summed E-state index contributed by atoms with van der Waals surface area (Å²) >= 11 is 0. The molecule has 0 aliphatic carbocycles. The summed E-state index contributed by atoms with van der Waals surface area (Å²) in [5, 5.41) is 14.7. The van der Waals surface area contributed by atoms with Crippen LogP contribution >= 0.6 is 0 Å². The highest BCUT2D eigenvalue weighted by atomic mass is 32.2. The molecule has 0 amide bonds. The lowest BCUT2D eigenvalue weighted by molar-refractivity contribution is 0.449. The summed E-state index contributed by atoms with van der Waals surface area (Å²) in [6, 6.07) is 19.7. The molecule has 2 aromatic carbocycles. The van der Waals surface area contributed by atoms with Gasteiger partial charge in [-0.2, -0.15) is 9.61 Å². The van der Waals surface area contributed by atoms with Gasteiger partial charge in [0.2, 0.25) is 10.9 Å². The van der Waals surface area contributed by atoms with Crippen LogP contribution in [0.4, 0.5) is 0 Å². The number of aryl methyl sites for hydroxylation is 1. The van der Waals surface area contributed by atoms with Crippen LogP contribution in [0, 0.1) is 6.92 Å². The third kappa shape index (κ3) is 3.37. The first-order valence-electron chi connectivity index (χ1n) is 9.72. The summed E-state index contributed by atoms with van der Waals surface area (Å²) in [6.07, 6.45) is 0. The van der Waals surface area contributed by atoms with Crippen LogP contribution in [0.5, 0.6) is 0 Å². The zero-order valence-corrected chi connectivity index (χ0v) is 17.7. The van der Waals surface area contributed by atoms with Crippen LogP contribution in [0.3, 0.4) is 0 Å². The van der Waals surface area contributed by atoms with Gasteiger partial charge < -0.3 is 4.42 Å². The van der Waals surface area contributed by atoms with Crippen LogP contribution in [0.1, 0.15) is 24.2 Å². The SMILES string of the molecule is Cc1nn2c(-c3ccc(S(=O)(=O)NC(C)c4ccccc4)o3)nnc2c2ccccc12. The second-order valence-electron chi connectivity index (χ2n) is 7.26. The maximum Gasteiger partial charge on any atom is 0.274 e. The number of nitrogens with zero attached hydrogens (tertiary/aromatic N) is 4. The van der Waals surface area contributed by atoms with E-state index in [1.54, 1.807) is 17.5 Å². The molecule has 0 aliphatic rings. The maximum atomic E-state index is 12.8. The summed E-state index contributed by atoms with van der Waals surface area (Å²) in [4.78, 5) is 0. The van der Waals surface area contributed by atoms with Gasteiger partial charge in [0.25, 0.3) is 10.0 Å². The summed E-state index contributed by atoms with van der Waals surface area (Å²) < 4.78 is 35.5. The zero-order valence-electron chi connectivity index (χ0n) is 16.9. The molecular weight excluding hydrogens is 414 g/mol. The van der Waals surface area contributed by atoms with Crippen LogP contribution in [0.15, 0.2) is 76.2 Å². The molecule has 1 N–H and O–H groups in total. The van der Waals surface area contributed by atoms with Gasteiger partial charge in [-0.15, -0.1) is 10.2 Å². The number of aromatic nitrogens is 4. The molecule has 0 fully saturated rings. The number of rotatable bonds is 5. The Morgan fingerprint density at radius 3 is 2.42 bits per heavy atom. The molecule has 1 atom stereocenters. The summed E-state index contributed by atoms with van der Waals surface area (Å²) in [7, 11) is -3.87. The summed E-state index contributed by atoms with van der Waals surface area (Å²) in [6.45, 7) is 3.68. The molecular formula is C22H19N5O3S.